The lowest BCUT2D eigenvalue weighted by Crippen LogP contribution is -1.95. The van der Waals surface area contributed by atoms with Crippen molar-refractivity contribution < 1.29 is 9.84 Å². The fourth-order valence-electron chi connectivity index (χ4n) is 1.52. The van der Waals surface area contributed by atoms with Crippen LogP contribution < -0.4 is 4.74 Å². The van der Waals surface area contributed by atoms with Crippen LogP contribution in [0.3, 0.4) is 0 Å². The van der Waals surface area contributed by atoms with Crippen molar-refractivity contribution >= 4 is 0 Å². The maximum Gasteiger partial charge on any atom is 0.120 e. The first-order valence-electron chi connectivity index (χ1n) is 5.21. The summed E-state index contributed by atoms with van der Waals surface area (Å²) in [4.78, 5) is 0. The van der Waals surface area contributed by atoms with Crippen molar-refractivity contribution in [1.29, 1.82) is 0 Å². The highest BCUT2D eigenvalue weighted by Crippen LogP contribution is 2.16. The smallest absolute Gasteiger partial charge is 0.120 e. The number of phenols is 1. The van der Waals surface area contributed by atoms with Gasteiger partial charge in [-0.1, -0.05) is 24.3 Å². The third-order valence-corrected chi connectivity index (χ3v) is 2.31. The summed E-state index contributed by atoms with van der Waals surface area (Å²) in [5.41, 5.74) is 2.13. The first kappa shape index (κ1) is 10.6. The molecule has 0 amide bonds. The van der Waals surface area contributed by atoms with E-state index in [2.05, 4.69) is 0 Å². The molecule has 82 valence electrons. The molecule has 0 saturated heterocycles. The Morgan fingerprint density at radius 2 is 1.88 bits per heavy atom. The van der Waals surface area contributed by atoms with Crippen LogP contribution in [0.25, 0.3) is 0 Å². The molecule has 0 unspecified atom stereocenters. The van der Waals surface area contributed by atoms with Crippen molar-refractivity contribution in [3.8, 4) is 11.5 Å². The number of aromatic hydroxyl groups is 1. The third kappa shape index (κ3) is 2.76. The molecule has 0 aliphatic rings. The van der Waals surface area contributed by atoms with Gasteiger partial charge < -0.3 is 9.84 Å². The van der Waals surface area contributed by atoms with Crippen molar-refractivity contribution in [3.63, 3.8) is 0 Å². The Labute approximate surface area is 95.1 Å². The Morgan fingerprint density at radius 1 is 1.06 bits per heavy atom. The number of benzene rings is 2. The summed E-state index contributed by atoms with van der Waals surface area (Å²) >= 11 is 0. The van der Waals surface area contributed by atoms with Crippen LogP contribution in [-0.2, 0) is 6.61 Å². The largest absolute Gasteiger partial charge is 0.508 e. The number of rotatable bonds is 3. The van der Waals surface area contributed by atoms with Crippen LogP contribution in [0, 0.1) is 6.92 Å². The molecule has 0 fully saturated rings. The van der Waals surface area contributed by atoms with Crippen LogP contribution in [0.4, 0.5) is 0 Å². The van der Waals surface area contributed by atoms with Gasteiger partial charge in [-0.15, -0.1) is 0 Å². The molecule has 0 atom stereocenters. The van der Waals surface area contributed by atoms with Gasteiger partial charge in [0, 0.05) is 0 Å². The van der Waals surface area contributed by atoms with Gasteiger partial charge in [0.05, 0.1) is 0 Å². The highest BCUT2D eigenvalue weighted by molar-refractivity contribution is 5.29. The van der Waals surface area contributed by atoms with E-state index in [0.29, 0.717) is 6.61 Å². The molecule has 0 spiro atoms. The van der Waals surface area contributed by atoms with Gasteiger partial charge in [0.1, 0.15) is 18.1 Å². The van der Waals surface area contributed by atoms with Crippen LogP contribution >= 0.6 is 0 Å². The second kappa shape index (κ2) is 4.71. The van der Waals surface area contributed by atoms with Crippen molar-refractivity contribution in [3.05, 3.63) is 59.7 Å². The highest BCUT2D eigenvalue weighted by Gasteiger charge is 1.97. The molecular formula is C14H14O2. The molecule has 2 aromatic rings. The summed E-state index contributed by atoms with van der Waals surface area (Å²) < 4.78 is 5.62. The van der Waals surface area contributed by atoms with E-state index in [1.807, 2.05) is 43.3 Å². The number of hydrogen-bond acceptors (Lipinski definition) is 2. The molecule has 0 radical (unpaired) electrons. The minimum absolute atomic E-state index is 0.269. The normalized spacial score (nSPS) is 10.1. The minimum atomic E-state index is 0.269. The Hall–Kier alpha value is -1.96. The summed E-state index contributed by atoms with van der Waals surface area (Å²) in [6.45, 7) is 2.50. The van der Waals surface area contributed by atoms with E-state index in [4.69, 9.17) is 4.74 Å². The molecule has 0 heterocycles. The van der Waals surface area contributed by atoms with Gasteiger partial charge >= 0.3 is 0 Å². The Kier molecular flexibility index (Phi) is 3.10. The van der Waals surface area contributed by atoms with E-state index >= 15 is 0 Å². The van der Waals surface area contributed by atoms with E-state index in [-0.39, 0.29) is 5.75 Å². The summed E-state index contributed by atoms with van der Waals surface area (Å²) in [6, 6.07) is 15.0. The molecule has 2 rings (SSSR count). The number of phenolic OH excluding ortho intramolecular Hbond substituents is 1. The van der Waals surface area contributed by atoms with Gasteiger partial charge in [0.2, 0.25) is 0 Å². The molecule has 0 aliphatic heterocycles. The van der Waals surface area contributed by atoms with Crippen LogP contribution in [0.2, 0.25) is 0 Å². The quantitative estimate of drug-likeness (QED) is 0.849. The zero-order valence-electron chi connectivity index (χ0n) is 9.18. The van der Waals surface area contributed by atoms with Gasteiger partial charge in [-0.3, -0.25) is 0 Å². The monoisotopic (exact) mass is 214 g/mol. The number of aryl methyl sites for hydroxylation is 1. The molecule has 0 aromatic heterocycles. The highest BCUT2D eigenvalue weighted by atomic mass is 16.5. The molecule has 16 heavy (non-hydrogen) atoms. The summed E-state index contributed by atoms with van der Waals surface area (Å²) in [7, 11) is 0. The van der Waals surface area contributed by atoms with Gasteiger partial charge in [-0.05, 0) is 42.3 Å². The van der Waals surface area contributed by atoms with Crippen LogP contribution in [-0.4, -0.2) is 5.11 Å². The molecule has 0 aliphatic carbocycles. The van der Waals surface area contributed by atoms with Gasteiger partial charge in [0.15, 0.2) is 0 Å². The lowest BCUT2D eigenvalue weighted by Gasteiger charge is -2.07. The average Bonchev–Trinajstić information content (AvgIpc) is 2.27. The third-order valence-electron chi connectivity index (χ3n) is 2.31. The maximum absolute atomic E-state index is 9.30. The minimum Gasteiger partial charge on any atom is -0.508 e. The maximum atomic E-state index is 9.30. The molecule has 0 bridgehead atoms. The van der Waals surface area contributed by atoms with Crippen LogP contribution in [0.15, 0.2) is 48.5 Å². The van der Waals surface area contributed by atoms with E-state index in [0.717, 1.165) is 11.3 Å². The van der Waals surface area contributed by atoms with Gasteiger partial charge in [0.25, 0.3) is 0 Å². The van der Waals surface area contributed by atoms with Crippen molar-refractivity contribution in [2.45, 2.75) is 13.5 Å². The lowest BCUT2D eigenvalue weighted by atomic mass is 10.2. The topological polar surface area (TPSA) is 29.5 Å². The zero-order valence-corrected chi connectivity index (χ0v) is 9.18. The van der Waals surface area contributed by atoms with Crippen LogP contribution in [0.5, 0.6) is 11.5 Å². The zero-order chi connectivity index (χ0) is 11.4. The second-order valence-corrected chi connectivity index (χ2v) is 3.78. The van der Waals surface area contributed by atoms with Crippen molar-refractivity contribution in [1.82, 2.24) is 0 Å². The predicted molar refractivity (Wildman–Crippen MR) is 63.6 cm³/mol. The lowest BCUT2D eigenvalue weighted by molar-refractivity contribution is 0.305. The average molecular weight is 214 g/mol. The Morgan fingerprint density at radius 3 is 2.62 bits per heavy atom. The number of hydrogen-bond donors (Lipinski definition) is 1. The Bertz CT molecular complexity index is 432. The summed E-state index contributed by atoms with van der Waals surface area (Å²) in [5.74, 6) is 1.12. The van der Waals surface area contributed by atoms with Crippen molar-refractivity contribution in [2.24, 2.45) is 0 Å². The van der Waals surface area contributed by atoms with E-state index in [1.165, 1.54) is 5.56 Å². The first-order chi connectivity index (χ1) is 7.74. The molecule has 2 aromatic carbocycles. The van der Waals surface area contributed by atoms with E-state index in [9.17, 15) is 5.11 Å². The fourth-order valence-corrected chi connectivity index (χ4v) is 1.52. The van der Waals surface area contributed by atoms with Gasteiger partial charge in [-0.2, -0.15) is 0 Å². The second-order valence-electron chi connectivity index (χ2n) is 3.78. The first-order valence-corrected chi connectivity index (χ1v) is 5.21. The fraction of sp³-hybridized carbons (Fsp3) is 0.143. The van der Waals surface area contributed by atoms with Crippen LogP contribution in [0.1, 0.15) is 11.1 Å². The summed E-state index contributed by atoms with van der Waals surface area (Å²) in [5, 5.41) is 9.30. The summed E-state index contributed by atoms with van der Waals surface area (Å²) in [6.07, 6.45) is 0. The number of ether oxygens (including phenoxy) is 1. The molecule has 1 N–H and O–H groups in total. The van der Waals surface area contributed by atoms with E-state index in [1.54, 1.807) is 12.1 Å². The molecule has 2 nitrogen and oxygen atoms in total. The molecule has 2 heteroatoms. The predicted octanol–water partition coefficient (Wildman–Crippen LogP) is 3.28. The standard InChI is InChI=1S/C14H14O2/c1-11-4-2-7-14(8-11)16-10-12-5-3-6-13(15)9-12/h2-9,15H,10H2,1H3. The van der Waals surface area contributed by atoms with Crippen molar-refractivity contribution in [2.75, 3.05) is 0 Å². The molecular weight excluding hydrogens is 200 g/mol. The van der Waals surface area contributed by atoms with E-state index < -0.39 is 0 Å². The molecule has 0 saturated carbocycles. The SMILES string of the molecule is Cc1cccc(OCc2cccc(O)c2)c1. The Balaban J connectivity index is 2.02. The van der Waals surface area contributed by atoms with Gasteiger partial charge in [-0.25, -0.2) is 0 Å².